The van der Waals surface area contributed by atoms with Gasteiger partial charge in [0.2, 0.25) is 0 Å². The molecule has 0 amide bonds. The van der Waals surface area contributed by atoms with Crippen LogP contribution in [0.25, 0.3) is 0 Å². The van der Waals surface area contributed by atoms with E-state index < -0.39 is 0 Å². The quantitative estimate of drug-likeness (QED) is 0.625. The number of rotatable bonds is 6. The van der Waals surface area contributed by atoms with Crippen LogP contribution in [0.2, 0.25) is 0 Å². The molecule has 0 aliphatic carbocycles. The van der Waals surface area contributed by atoms with Crippen LogP contribution >= 0.6 is 0 Å². The number of hydrogen-bond donors (Lipinski definition) is 2. The molecule has 0 fully saturated rings. The molecule has 0 radical (unpaired) electrons. The second-order valence-corrected chi connectivity index (χ2v) is 6.49. The SMILES string of the molecule is CCNC(=NCc1cccc(C)n1)NC(C)Cc1c(C)nn(C)c1C. The summed E-state index contributed by atoms with van der Waals surface area (Å²) in [6.07, 6.45) is 0.915. The van der Waals surface area contributed by atoms with Crippen molar-refractivity contribution in [3.8, 4) is 0 Å². The van der Waals surface area contributed by atoms with Gasteiger partial charge in [0.05, 0.1) is 17.9 Å². The molecule has 6 nitrogen and oxygen atoms in total. The van der Waals surface area contributed by atoms with E-state index in [1.165, 1.54) is 11.3 Å². The topological polar surface area (TPSA) is 67.1 Å². The molecule has 0 bridgehead atoms. The summed E-state index contributed by atoms with van der Waals surface area (Å²) in [5, 5.41) is 11.3. The fourth-order valence-electron chi connectivity index (χ4n) is 2.87. The lowest BCUT2D eigenvalue weighted by atomic mass is 10.1. The number of nitrogens with one attached hydrogen (secondary N) is 2. The van der Waals surface area contributed by atoms with E-state index in [0.29, 0.717) is 6.54 Å². The summed E-state index contributed by atoms with van der Waals surface area (Å²) in [7, 11) is 1.99. The first-order valence-corrected chi connectivity index (χ1v) is 8.87. The highest BCUT2D eigenvalue weighted by atomic mass is 15.3. The Hall–Kier alpha value is -2.37. The Bertz CT molecular complexity index is 732. The second kappa shape index (κ2) is 8.65. The number of aryl methyl sites for hydroxylation is 3. The number of guanidine groups is 1. The zero-order chi connectivity index (χ0) is 18.4. The average Bonchev–Trinajstić information content (AvgIpc) is 2.79. The van der Waals surface area contributed by atoms with Gasteiger partial charge in [-0.2, -0.15) is 5.10 Å². The van der Waals surface area contributed by atoms with E-state index >= 15 is 0 Å². The molecule has 136 valence electrons. The average molecular weight is 342 g/mol. The first-order valence-electron chi connectivity index (χ1n) is 8.87. The van der Waals surface area contributed by atoms with Gasteiger partial charge in [0.25, 0.3) is 0 Å². The van der Waals surface area contributed by atoms with E-state index in [4.69, 9.17) is 0 Å². The van der Waals surface area contributed by atoms with Crippen LogP contribution in [0, 0.1) is 20.8 Å². The zero-order valence-corrected chi connectivity index (χ0v) is 16.2. The van der Waals surface area contributed by atoms with Crippen molar-refractivity contribution >= 4 is 5.96 Å². The maximum absolute atomic E-state index is 4.67. The summed E-state index contributed by atoms with van der Waals surface area (Å²) in [5.41, 5.74) is 5.61. The summed E-state index contributed by atoms with van der Waals surface area (Å²) in [4.78, 5) is 9.17. The molecule has 0 spiro atoms. The Morgan fingerprint density at radius 1 is 1.28 bits per heavy atom. The van der Waals surface area contributed by atoms with Crippen molar-refractivity contribution in [2.75, 3.05) is 6.54 Å². The predicted octanol–water partition coefficient (Wildman–Crippen LogP) is 2.43. The van der Waals surface area contributed by atoms with Crippen molar-refractivity contribution in [1.29, 1.82) is 0 Å². The van der Waals surface area contributed by atoms with Gasteiger partial charge < -0.3 is 10.6 Å². The van der Waals surface area contributed by atoms with Gasteiger partial charge in [-0.05, 0) is 58.7 Å². The second-order valence-electron chi connectivity index (χ2n) is 6.49. The van der Waals surface area contributed by atoms with Crippen molar-refractivity contribution < 1.29 is 0 Å². The molecule has 2 rings (SSSR count). The Balaban J connectivity index is 2.03. The lowest BCUT2D eigenvalue weighted by Crippen LogP contribution is -2.43. The largest absolute Gasteiger partial charge is 0.357 e. The molecule has 1 atom stereocenters. The molecule has 0 saturated carbocycles. The van der Waals surface area contributed by atoms with Gasteiger partial charge in [-0.15, -0.1) is 0 Å². The zero-order valence-electron chi connectivity index (χ0n) is 16.2. The van der Waals surface area contributed by atoms with Gasteiger partial charge in [-0.3, -0.25) is 9.67 Å². The maximum atomic E-state index is 4.67. The predicted molar refractivity (Wildman–Crippen MR) is 103 cm³/mol. The molecule has 2 heterocycles. The molecule has 25 heavy (non-hydrogen) atoms. The summed E-state index contributed by atoms with van der Waals surface area (Å²) in [6, 6.07) is 6.28. The normalized spacial score (nSPS) is 13.0. The minimum absolute atomic E-state index is 0.255. The first kappa shape index (κ1) is 19.0. The molecule has 2 aromatic heterocycles. The Kier molecular flexibility index (Phi) is 6.56. The van der Waals surface area contributed by atoms with Crippen LogP contribution in [-0.2, 0) is 20.0 Å². The third kappa shape index (κ3) is 5.31. The van der Waals surface area contributed by atoms with Gasteiger partial charge in [-0.1, -0.05) is 6.07 Å². The summed E-state index contributed by atoms with van der Waals surface area (Å²) in [6.45, 7) is 11.8. The number of nitrogens with zero attached hydrogens (tertiary/aromatic N) is 4. The van der Waals surface area contributed by atoms with Gasteiger partial charge in [0, 0.05) is 31.0 Å². The minimum Gasteiger partial charge on any atom is -0.357 e. The molecule has 0 saturated heterocycles. The van der Waals surface area contributed by atoms with Crippen molar-refractivity contribution in [2.45, 2.75) is 53.6 Å². The number of hydrogen-bond acceptors (Lipinski definition) is 3. The van der Waals surface area contributed by atoms with E-state index in [0.717, 1.165) is 36.0 Å². The maximum Gasteiger partial charge on any atom is 0.191 e. The fraction of sp³-hybridized carbons (Fsp3) is 0.526. The molecular formula is C19H30N6. The fourth-order valence-corrected chi connectivity index (χ4v) is 2.87. The van der Waals surface area contributed by atoms with E-state index in [-0.39, 0.29) is 6.04 Å². The minimum atomic E-state index is 0.255. The van der Waals surface area contributed by atoms with Gasteiger partial charge in [0.15, 0.2) is 5.96 Å². The number of aromatic nitrogens is 3. The lowest BCUT2D eigenvalue weighted by molar-refractivity contribution is 0.635. The Morgan fingerprint density at radius 3 is 2.64 bits per heavy atom. The van der Waals surface area contributed by atoms with Crippen LogP contribution in [0.1, 0.15) is 42.2 Å². The number of aliphatic imine (C=N–C) groups is 1. The van der Waals surface area contributed by atoms with Crippen LogP contribution in [0.3, 0.4) is 0 Å². The molecule has 0 aliphatic heterocycles. The van der Waals surface area contributed by atoms with E-state index in [1.54, 1.807) is 0 Å². The van der Waals surface area contributed by atoms with Crippen molar-refractivity contribution in [2.24, 2.45) is 12.0 Å². The highest BCUT2D eigenvalue weighted by molar-refractivity contribution is 5.80. The van der Waals surface area contributed by atoms with Crippen LogP contribution in [0.4, 0.5) is 0 Å². The highest BCUT2D eigenvalue weighted by Gasteiger charge is 2.14. The molecule has 2 aromatic rings. The Morgan fingerprint density at radius 2 is 2.04 bits per heavy atom. The van der Waals surface area contributed by atoms with Crippen LogP contribution in [-0.4, -0.2) is 33.3 Å². The van der Waals surface area contributed by atoms with Crippen molar-refractivity contribution in [3.05, 3.63) is 46.5 Å². The number of pyridine rings is 1. The molecule has 0 aromatic carbocycles. The molecule has 6 heteroatoms. The molecular weight excluding hydrogens is 312 g/mol. The lowest BCUT2D eigenvalue weighted by Gasteiger charge is -2.18. The van der Waals surface area contributed by atoms with Gasteiger partial charge in [0.1, 0.15) is 0 Å². The van der Waals surface area contributed by atoms with E-state index in [9.17, 15) is 0 Å². The monoisotopic (exact) mass is 342 g/mol. The smallest absolute Gasteiger partial charge is 0.191 e. The third-order valence-corrected chi connectivity index (χ3v) is 4.24. The van der Waals surface area contributed by atoms with Gasteiger partial charge >= 0.3 is 0 Å². The van der Waals surface area contributed by atoms with Crippen LogP contribution in [0.5, 0.6) is 0 Å². The highest BCUT2D eigenvalue weighted by Crippen LogP contribution is 2.14. The van der Waals surface area contributed by atoms with E-state index in [1.807, 2.05) is 36.9 Å². The summed E-state index contributed by atoms with van der Waals surface area (Å²) >= 11 is 0. The van der Waals surface area contributed by atoms with Crippen LogP contribution < -0.4 is 10.6 Å². The Labute approximate surface area is 150 Å². The van der Waals surface area contributed by atoms with Crippen molar-refractivity contribution in [3.63, 3.8) is 0 Å². The van der Waals surface area contributed by atoms with Crippen LogP contribution in [0.15, 0.2) is 23.2 Å². The molecule has 1 unspecified atom stereocenters. The first-order chi connectivity index (χ1) is 11.9. The molecule has 0 aliphatic rings. The molecule has 2 N–H and O–H groups in total. The summed E-state index contributed by atoms with van der Waals surface area (Å²) in [5.74, 6) is 0.817. The summed E-state index contributed by atoms with van der Waals surface area (Å²) < 4.78 is 1.94. The van der Waals surface area contributed by atoms with E-state index in [2.05, 4.69) is 53.4 Å². The van der Waals surface area contributed by atoms with Gasteiger partial charge in [-0.25, -0.2) is 4.99 Å². The van der Waals surface area contributed by atoms with Crippen molar-refractivity contribution in [1.82, 2.24) is 25.4 Å². The standard InChI is InChI=1S/C19H30N6/c1-7-20-19(21-12-17-10-8-9-13(2)22-17)23-14(3)11-18-15(4)24-25(6)16(18)5/h8-10,14H,7,11-12H2,1-6H3,(H2,20,21,23). The third-order valence-electron chi connectivity index (χ3n) is 4.24.